The number of aromatic amines is 1. The van der Waals surface area contributed by atoms with Gasteiger partial charge in [0.15, 0.2) is 0 Å². The molecule has 3 amide bonds. The van der Waals surface area contributed by atoms with E-state index in [0.29, 0.717) is 11.1 Å². The molecule has 41 heavy (non-hydrogen) atoms. The molecule has 0 fully saturated rings. The monoisotopic (exact) mass is 565 g/mol. The summed E-state index contributed by atoms with van der Waals surface area (Å²) in [5.41, 5.74) is 8.14. The zero-order valence-corrected chi connectivity index (χ0v) is 22.8. The van der Waals surface area contributed by atoms with Crippen molar-refractivity contribution in [2.75, 3.05) is 0 Å². The van der Waals surface area contributed by atoms with Crippen LogP contribution < -0.4 is 21.7 Å². The number of para-hydroxylation sites is 1. The highest BCUT2D eigenvalue weighted by Crippen LogP contribution is 2.19. The van der Waals surface area contributed by atoms with Crippen LogP contribution in [0.3, 0.4) is 0 Å². The van der Waals surface area contributed by atoms with E-state index in [0.717, 1.165) is 10.9 Å². The first-order valence-corrected chi connectivity index (χ1v) is 13.2. The van der Waals surface area contributed by atoms with Crippen LogP contribution in [0.25, 0.3) is 10.9 Å². The van der Waals surface area contributed by atoms with Crippen LogP contribution >= 0.6 is 0 Å². The van der Waals surface area contributed by atoms with Gasteiger partial charge in [-0.3, -0.25) is 19.2 Å². The number of carboxylic acid groups (broad SMARTS) is 2. The molecular formula is C29H35N5O7. The third kappa shape index (κ3) is 8.64. The fraction of sp³-hybridized carbons (Fsp3) is 0.345. The topological polar surface area (TPSA) is 204 Å². The number of H-pyrrole nitrogens is 1. The lowest BCUT2D eigenvalue weighted by atomic mass is 10.0. The number of carbonyl (C=O) groups excluding carboxylic acids is 3. The molecule has 0 radical (unpaired) electrons. The summed E-state index contributed by atoms with van der Waals surface area (Å²) >= 11 is 0. The molecule has 0 saturated heterocycles. The van der Waals surface area contributed by atoms with Gasteiger partial charge in [-0.05, 0) is 23.1 Å². The molecule has 0 bridgehead atoms. The van der Waals surface area contributed by atoms with Gasteiger partial charge in [-0.15, -0.1) is 0 Å². The summed E-state index contributed by atoms with van der Waals surface area (Å²) in [5, 5.41) is 27.3. The van der Waals surface area contributed by atoms with Crippen molar-refractivity contribution in [1.29, 1.82) is 0 Å². The fourth-order valence-electron chi connectivity index (χ4n) is 4.28. The van der Waals surface area contributed by atoms with Crippen molar-refractivity contribution in [1.82, 2.24) is 20.9 Å². The van der Waals surface area contributed by atoms with Crippen LogP contribution in [-0.2, 0) is 36.8 Å². The van der Waals surface area contributed by atoms with Crippen molar-refractivity contribution in [2.45, 2.75) is 57.3 Å². The van der Waals surface area contributed by atoms with Crippen LogP contribution in [0.2, 0.25) is 0 Å². The Kier molecular flexibility index (Phi) is 10.6. The first-order valence-electron chi connectivity index (χ1n) is 13.2. The summed E-state index contributed by atoms with van der Waals surface area (Å²) < 4.78 is 0. The quantitative estimate of drug-likeness (QED) is 0.150. The van der Waals surface area contributed by atoms with Gasteiger partial charge in [0.25, 0.3) is 0 Å². The van der Waals surface area contributed by atoms with Gasteiger partial charge in [-0.2, -0.15) is 0 Å². The zero-order valence-electron chi connectivity index (χ0n) is 22.8. The molecule has 0 saturated carbocycles. The normalized spacial score (nSPS) is 14.0. The minimum atomic E-state index is -1.61. The van der Waals surface area contributed by atoms with Gasteiger partial charge >= 0.3 is 11.9 Å². The van der Waals surface area contributed by atoms with Gasteiger partial charge in [-0.1, -0.05) is 62.4 Å². The van der Waals surface area contributed by atoms with Gasteiger partial charge in [0.05, 0.1) is 12.5 Å². The number of carboxylic acids is 2. The van der Waals surface area contributed by atoms with Crippen LogP contribution in [0.15, 0.2) is 60.8 Å². The molecule has 218 valence electrons. The van der Waals surface area contributed by atoms with E-state index in [-0.39, 0.29) is 18.8 Å². The van der Waals surface area contributed by atoms with Gasteiger partial charge in [0.1, 0.15) is 18.1 Å². The van der Waals surface area contributed by atoms with E-state index in [1.807, 2.05) is 24.3 Å². The number of carbonyl (C=O) groups is 5. The molecule has 12 nitrogen and oxygen atoms in total. The van der Waals surface area contributed by atoms with E-state index < -0.39 is 60.2 Å². The highest BCUT2D eigenvalue weighted by Gasteiger charge is 2.32. The third-order valence-electron chi connectivity index (χ3n) is 6.66. The first-order chi connectivity index (χ1) is 19.5. The van der Waals surface area contributed by atoms with Crippen molar-refractivity contribution in [3.05, 3.63) is 71.9 Å². The van der Waals surface area contributed by atoms with E-state index in [4.69, 9.17) is 5.73 Å². The van der Waals surface area contributed by atoms with Crippen LogP contribution in [-0.4, -0.2) is 69.0 Å². The van der Waals surface area contributed by atoms with Gasteiger partial charge in [0.2, 0.25) is 17.7 Å². The lowest BCUT2D eigenvalue weighted by Crippen LogP contribution is -2.58. The van der Waals surface area contributed by atoms with Crippen molar-refractivity contribution < 1.29 is 34.2 Å². The number of aliphatic carboxylic acids is 2. The van der Waals surface area contributed by atoms with E-state index in [9.17, 15) is 34.2 Å². The molecule has 1 heterocycles. The smallest absolute Gasteiger partial charge is 0.326 e. The van der Waals surface area contributed by atoms with Crippen molar-refractivity contribution >= 4 is 40.6 Å². The highest BCUT2D eigenvalue weighted by molar-refractivity contribution is 5.96. The van der Waals surface area contributed by atoms with E-state index >= 15 is 0 Å². The standard InChI is InChI=1S/C29H35N5O7/c1-16(2)25(30)28(39)33-21(13-18-15-31-20-11-7-6-10-19(18)20)26(37)32-22(14-24(35)36)27(38)34-23(29(40)41)12-17-8-4-3-5-9-17/h3-11,15-16,21-23,25,31H,12-14,30H2,1-2H3,(H,32,37)(H,33,39)(H,34,38)(H,35,36)(H,40,41). The lowest BCUT2D eigenvalue weighted by Gasteiger charge is -2.25. The summed E-state index contributed by atoms with van der Waals surface area (Å²) in [4.78, 5) is 65.9. The maximum absolute atomic E-state index is 13.5. The summed E-state index contributed by atoms with van der Waals surface area (Å²) in [6.45, 7) is 3.50. The number of aromatic nitrogens is 1. The Morgan fingerprint density at radius 2 is 1.37 bits per heavy atom. The SMILES string of the molecule is CC(C)C(N)C(=O)NC(Cc1c[nH]c2ccccc12)C(=O)NC(CC(=O)O)C(=O)NC(Cc1ccccc1)C(=O)O. The largest absolute Gasteiger partial charge is 0.481 e. The predicted octanol–water partition coefficient (Wildman–Crippen LogP) is 0.950. The minimum absolute atomic E-state index is 0.0135. The Balaban J connectivity index is 1.83. The highest BCUT2D eigenvalue weighted by atomic mass is 16.4. The Bertz CT molecular complexity index is 1390. The third-order valence-corrected chi connectivity index (χ3v) is 6.66. The van der Waals surface area contributed by atoms with E-state index in [1.165, 1.54) is 0 Å². The Labute approximate surface area is 236 Å². The number of hydrogen-bond donors (Lipinski definition) is 7. The van der Waals surface area contributed by atoms with Gasteiger partial charge < -0.3 is 36.9 Å². The van der Waals surface area contributed by atoms with E-state index in [2.05, 4.69) is 20.9 Å². The number of amides is 3. The molecule has 2 aromatic carbocycles. The molecule has 12 heteroatoms. The molecule has 4 unspecified atom stereocenters. The molecule has 4 atom stereocenters. The number of rotatable bonds is 14. The first kappa shape index (κ1) is 30.8. The molecular weight excluding hydrogens is 530 g/mol. The molecule has 8 N–H and O–H groups in total. The number of nitrogens with two attached hydrogens (primary N) is 1. The fourth-order valence-corrected chi connectivity index (χ4v) is 4.28. The van der Waals surface area contributed by atoms with Crippen LogP contribution in [0.4, 0.5) is 0 Å². The van der Waals surface area contributed by atoms with Gasteiger partial charge in [0, 0.05) is 29.9 Å². The average molecular weight is 566 g/mol. The van der Waals surface area contributed by atoms with E-state index in [1.54, 1.807) is 50.4 Å². The maximum Gasteiger partial charge on any atom is 0.326 e. The maximum atomic E-state index is 13.5. The molecule has 0 aliphatic rings. The number of fused-ring (bicyclic) bond motifs is 1. The molecule has 3 rings (SSSR count). The summed E-state index contributed by atoms with van der Waals surface area (Å²) in [7, 11) is 0. The number of hydrogen-bond acceptors (Lipinski definition) is 6. The van der Waals surface area contributed by atoms with Crippen LogP contribution in [0.5, 0.6) is 0 Å². The molecule has 1 aromatic heterocycles. The lowest BCUT2D eigenvalue weighted by molar-refractivity contribution is -0.143. The molecule has 0 spiro atoms. The number of nitrogens with one attached hydrogen (secondary N) is 4. The van der Waals surface area contributed by atoms with Crippen molar-refractivity contribution in [3.63, 3.8) is 0 Å². The Morgan fingerprint density at radius 3 is 2.00 bits per heavy atom. The van der Waals surface area contributed by atoms with Crippen molar-refractivity contribution in [2.24, 2.45) is 11.7 Å². The van der Waals surface area contributed by atoms with Crippen LogP contribution in [0.1, 0.15) is 31.4 Å². The number of benzene rings is 2. The zero-order chi connectivity index (χ0) is 30.1. The minimum Gasteiger partial charge on any atom is -0.481 e. The second-order valence-corrected chi connectivity index (χ2v) is 10.1. The van der Waals surface area contributed by atoms with Gasteiger partial charge in [-0.25, -0.2) is 4.79 Å². The summed E-state index contributed by atoms with van der Waals surface area (Å²) in [6.07, 6.45) is 0.845. The Morgan fingerprint density at radius 1 is 0.780 bits per heavy atom. The Hall–Kier alpha value is -4.71. The summed E-state index contributed by atoms with van der Waals surface area (Å²) in [5.74, 6) is -5.34. The molecule has 0 aliphatic carbocycles. The molecule has 0 aliphatic heterocycles. The van der Waals surface area contributed by atoms with Crippen LogP contribution in [0, 0.1) is 5.92 Å². The molecule has 3 aromatic rings. The second-order valence-electron chi connectivity index (χ2n) is 10.1. The second kappa shape index (κ2) is 14.1. The average Bonchev–Trinajstić information content (AvgIpc) is 3.34. The summed E-state index contributed by atoms with van der Waals surface area (Å²) in [6, 6.07) is 10.8. The predicted molar refractivity (Wildman–Crippen MR) is 151 cm³/mol. The van der Waals surface area contributed by atoms with Crippen molar-refractivity contribution in [3.8, 4) is 0 Å².